The number of benzene rings is 14. The van der Waals surface area contributed by atoms with Crippen LogP contribution in [0.4, 0.5) is 17.1 Å². The third-order valence-electron chi connectivity index (χ3n) is 21.7. The lowest BCUT2D eigenvalue weighted by atomic mass is 9.68. The maximum Gasteiger partial charge on any atom is 0.0991 e. The number of fused-ring (bicyclic) bond motifs is 16. The monoisotopic (exact) mass is 1430 g/mol. The number of nitrogens with zero attached hydrogens (tertiary/aromatic N) is 9. The Balaban J connectivity index is 0.000000130. The standard InChI is InChI=1S/C47H31N5.C30H19BrN2.C18H14N2.CH4/c1-47(2)39-24-30(28-48)18-21-45(39)52(46-22-19-31(29-49)25-40(46)47)33-11-9-10-32(26-33)50-43-17-8-5-14-37(43)38-27-34(20-23-44(38)50)51-41-15-6-3-12-35(41)36-13-4-7-16-42(36)51;31-20-8-7-9-21(18-20)32-29-15-6-3-12-25(29)26-19-22(16-17-30(26)32)33-27-13-4-1-10-23(27)24-11-2-5-14-28(24)33;1-18(2)16-7-12(10-19)3-5-14(16)9-15-6-4-13(11-20)8-17(15)18;/h3-27H,1-2H3;1-19H;3-8H,9H2,1-2H3;1H4. The van der Waals surface area contributed by atoms with Gasteiger partial charge in [-0.3, -0.25) is 0 Å². The summed E-state index contributed by atoms with van der Waals surface area (Å²) in [5, 5.41) is 47.8. The second kappa shape index (κ2) is 25.8. The molecule has 0 amide bonds. The Morgan fingerprint density at radius 3 is 0.934 bits per heavy atom. The zero-order valence-corrected chi connectivity index (χ0v) is 59.6. The lowest BCUT2D eigenvalue weighted by Gasteiger charge is -2.42. The SMILES string of the molecule is Brc1cccc(-n2c3ccccc3c3cc(-n4c5ccccc5c5ccccc54)ccc32)c1.C.CC1(C)c2cc(C#N)ccc2Cc2ccc(C#N)cc21.CC1(C)c2cc(C#N)ccc2N(c2cccc(-n3c4ccccc4c4cc(-n5c6ccccc6c6ccccc65)ccc43)c2)c2ccc(C#N)cc21. The summed E-state index contributed by atoms with van der Waals surface area (Å²) in [7, 11) is 0. The fourth-order valence-electron chi connectivity index (χ4n) is 16.8. The molecule has 5 heterocycles. The summed E-state index contributed by atoms with van der Waals surface area (Å²) in [5.41, 5.74) is 26.1. The van der Waals surface area contributed by atoms with Crippen LogP contribution in [0, 0.1) is 45.3 Å². The minimum Gasteiger partial charge on any atom is -0.310 e. The normalized spacial score (nSPS) is 12.9. The highest BCUT2D eigenvalue weighted by Crippen LogP contribution is 2.53. The summed E-state index contributed by atoms with van der Waals surface area (Å²) in [6.45, 7) is 8.66. The zero-order chi connectivity index (χ0) is 71.4. The summed E-state index contributed by atoms with van der Waals surface area (Å²) in [6, 6.07) is 116. The summed E-state index contributed by atoms with van der Waals surface area (Å²) >= 11 is 3.64. The van der Waals surface area contributed by atoms with Gasteiger partial charge in [-0.1, -0.05) is 185 Å². The van der Waals surface area contributed by atoms with Crippen LogP contribution in [-0.4, -0.2) is 18.3 Å². The van der Waals surface area contributed by atoms with E-state index in [9.17, 15) is 10.5 Å². The largest absolute Gasteiger partial charge is 0.310 e. The molecule has 2 aliphatic rings. The molecule has 0 atom stereocenters. The van der Waals surface area contributed by atoms with E-state index in [1.165, 1.54) is 104 Å². The third kappa shape index (κ3) is 10.5. The van der Waals surface area contributed by atoms with Crippen molar-refractivity contribution in [3.8, 4) is 47.0 Å². The average Bonchev–Trinajstić information content (AvgIpc) is 1.12. The molecule has 0 unspecified atom stereocenters. The quantitative estimate of drug-likeness (QED) is 0.170. The van der Waals surface area contributed by atoms with Gasteiger partial charge in [0, 0.05) is 86.8 Å². The van der Waals surface area contributed by atoms with Gasteiger partial charge in [-0.25, -0.2) is 0 Å². The first-order valence-corrected chi connectivity index (χ1v) is 36.0. The number of anilines is 3. The molecule has 0 saturated heterocycles. The highest BCUT2D eigenvalue weighted by Gasteiger charge is 2.38. The molecule has 0 spiro atoms. The van der Waals surface area contributed by atoms with Crippen molar-refractivity contribution in [2.75, 3.05) is 4.90 Å². The van der Waals surface area contributed by atoms with Crippen molar-refractivity contribution in [2.24, 2.45) is 0 Å². The molecule has 0 radical (unpaired) electrons. The van der Waals surface area contributed by atoms with Crippen molar-refractivity contribution in [1.29, 1.82) is 21.0 Å². The first kappa shape index (κ1) is 65.8. The summed E-state index contributed by atoms with van der Waals surface area (Å²) < 4.78 is 10.5. The van der Waals surface area contributed by atoms with Gasteiger partial charge in [-0.15, -0.1) is 0 Å². The van der Waals surface area contributed by atoms with Gasteiger partial charge in [0.2, 0.25) is 0 Å². The molecule has 18 aromatic rings. The predicted molar refractivity (Wildman–Crippen MR) is 438 cm³/mol. The van der Waals surface area contributed by atoms with Crippen LogP contribution >= 0.6 is 15.9 Å². The molecular weight excluding hydrogens is 1360 g/mol. The molecule has 0 saturated carbocycles. The van der Waals surface area contributed by atoms with Crippen molar-refractivity contribution in [2.45, 2.75) is 52.4 Å². The van der Waals surface area contributed by atoms with Crippen molar-refractivity contribution in [3.05, 3.63) is 363 Å². The number of rotatable bonds is 5. The molecule has 0 bridgehead atoms. The average molecular weight is 1430 g/mol. The number of nitriles is 4. The van der Waals surface area contributed by atoms with Crippen molar-refractivity contribution >= 4 is 120 Å². The van der Waals surface area contributed by atoms with E-state index in [0.29, 0.717) is 22.3 Å². The van der Waals surface area contributed by atoms with Gasteiger partial charge in [-0.05, 0) is 210 Å². The molecule has 20 rings (SSSR count). The van der Waals surface area contributed by atoms with Crippen LogP contribution in [0.5, 0.6) is 0 Å². The Morgan fingerprint density at radius 2 is 0.566 bits per heavy atom. The van der Waals surface area contributed by atoms with E-state index in [2.05, 4.69) is 346 Å². The van der Waals surface area contributed by atoms with E-state index in [0.717, 1.165) is 67.2 Å². The van der Waals surface area contributed by atoms with Crippen molar-refractivity contribution in [1.82, 2.24) is 18.3 Å². The van der Waals surface area contributed by atoms with Gasteiger partial charge in [0.05, 0.1) is 102 Å². The highest BCUT2D eigenvalue weighted by molar-refractivity contribution is 9.10. The summed E-state index contributed by atoms with van der Waals surface area (Å²) in [5.74, 6) is 0. The molecule has 9 nitrogen and oxygen atoms in total. The number of halogens is 1. The van der Waals surface area contributed by atoms with Crippen LogP contribution in [0.2, 0.25) is 0 Å². The Morgan fingerprint density at radius 1 is 0.274 bits per heavy atom. The second-order valence-electron chi connectivity index (χ2n) is 28.3. The minimum absolute atomic E-state index is 0. The summed E-state index contributed by atoms with van der Waals surface area (Å²) in [6.07, 6.45) is 0.867. The van der Waals surface area contributed by atoms with Crippen LogP contribution in [0.3, 0.4) is 0 Å². The fourth-order valence-corrected chi connectivity index (χ4v) is 17.2. The van der Waals surface area contributed by atoms with E-state index in [4.69, 9.17) is 10.5 Å². The molecule has 4 aromatic heterocycles. The topological polar surface area (TPSA) is 118 Å². The van der Waals surface area contributed by atoms with E-state index in [1.807, 2.05) is 48.5 Å². The van der Waals surface area contributed by atoms with Crippen LogP contribution in [0.25, 0.3) is 110 Å². The smallest absolute Gasteiger partial charge is 0.0991 e. The molecule has 504 valence electrons. The molecule has 1 aliphatic heterocycles. The first-order chi connectivity index (χ1) is 51.3. The lowest BCUT2D eigenvalue weighted by Crippen LogP contribution is -2.31. The van der Waals surface area contributed by atoms with Gasteiger partial charge in [0.1, 0.15) is 0 Å². The van der Waals surface area contributed by atoms with Gasteiger partial charge in [0.15, 0.2) is 0 Å². The van der Waals surface area contributed by atoms with E-state index < -0.39 is 5.41 Å². The maximum atomic E-state index is 9.84. The summed E-state index contributed by atoms with van der Waals surface area (Å²) in [4.78, 5) is 2.27. The maximum absolute atomic E-state index is 9.84. The fraction of sp³-hybridized carbons (Fsp3) is 0.0833. The van der Waals surface area contributed by atoms with E-state index in [1.54, 1.807) is 0 Å². The number of para-hydroxylation sites is 6. The molecule has 0 fully saturated rings. The van der Waals surface area contributed by atoms with E-state index in [-0.39, 0.29) is 12.8 Å². The molecule has 14 aromatic carbocycles. The highest BCUT2D eigenvalue weighted by atomic mass is 79.9. The Labute approximate surface area is 623 Å². The molecule has 1 aliphatic carbocycles. The second-order valence-corrected chi connectivity index (χ2v) is 29.2. The van der Waals surface area contributed by atoms with Crippen molar-refractivity contribution < 1.29 is 0 Å². The van der Waals surface area contributed by atoms with E-state index >= 15 is 0 Å². The van der Waals surface area contributed by atoms with Crippen LogP contribution < -0.4 is 4.90 Å². The number of hydrogen-bond acceptors (Lipinski definition) is 5. The number of hydrogen-bond donors (Lipinski definition) is 0. The molecule has 10 heteroatoms. The molecule has 106 heavy (non-hydrogen) atoms. The Bertz CT molecular complexity index is 6620. The van der Waals surface area contributed by atoms with Gasteiger partial charge >= 0.3 is 0 Å². The zero-order valence-electron chi connectivity index (χ0n) is 58.0. The Hall–Kier alpha value is -13.5. The molecule has 0 N–H and O–H groups in total. The first-order valence-electron chi connectivity index (χ1n) is 35.2. The van der Waals surface area contributed by atoms with Gasteiger partial charge < -0.3 is 23.2 Å². The number of aromatic nitrogens is 4. The minimum atomic E-state index is -0.417. The van der Waals surface area contributed by atoms with Gasteiger partial charge in [0.25, 0.3) is 0 Å². The molecular formula is C96H68BrN9. The van der Waals surface area contributed by atoms with Crippen LogP contribution in [0.15, 0.2) is 308 Å². The predicted octanol–water partition coefficient (Wildman–Crippen LogP) is 24.7. The van der Waals surface area contributed by atoms with Gasteiger partial charge in [-0.2, -0.15) is 21.0 Å². The third-order valence-corrected chi connectivity index (χ3v) is 22.2. The Kier molecular flexibility index (Phi) is 16.0. The van der Waals surface area contributed by atoms with Crippen molar-refractivity contribution in [3.63, 3.8) is 0 Å². The lowest BCUT2D eigenvalue weighted by molar-refractivity contribution is 0.610. The van der Waals surface area contributed by atoms with Crippen LogP contribution in [0.1, 0.15) is 90.8 Å². The van der Waals surface area contributed by atoms with Crippen LogP contribution in [-0.2, 0) is 17.3 Å².